The largest absolute Gasteiger partial charge is 0.309 e. The molecule has 0 aliphatic rings. The first-order valence-electron chi connectivity index (χ1n) is 19.0. The van der Waals surface area contributed by atoms with Crippen molar-refractivity contribution >= 4 is 43.6 Å². The van der Waals surface area contributed by atoms with Crippen molar-refractivity contribution in [1.82, 2.24) is 19.1 Å². The summed E-state index contributed by atoms with van der Waals surface area (Å²) < 4.78 is 4.83. The Morgan fingerprint density at radius 3 is 1.55 bits per heavy atom. The van der Waals surface area contributed by atoms with Crippen molar-refractivity contribution in [2.45, 2.75) is 0 Å². The molecule has 0 saturated carbocycles. The molecule has 0 aliphatic carbocycles. The van der Waals surface area contributed by atoms with Crippen LogP contribution in [-0.4, -0.2) is 19.1 Å². The third-order valence-corrected chi connectivity index (χ3v) is 10.9. The van der Waals surface area contributed by atoms with Gasteiger partial charge in [-0.3, -0.25) is 0 Å². The lowest BCUT2D eigenvalue weighted by molar-refractivity contribution is 1.17. The number of fused-ring (bicyclic) bond motifs is 7. The molecule has 4 nitrogen and oxygen atoms in total. The summed E-state index contributed by atoms with van der Waals surface area (Å²) in [5.41, 5.74) is 14.1. The molecule has 0 radical (unpaired) electrons. The van der Waals surface area contributed by atoms with Gasteiger partial charge >= 0.3 is 0 Å². The fraction of sp³-hybridized carbons (Fsp3) is 0. The van der Waals surface area contributed by atoms with Gasteiger partial charge in [0.05, 0.1) is 33.5 Å². The topological polar surface area (TPSA) is 35.6 Å². The van der Waals surface area contributed by atoms with Gasteiger partial charge in [0.2, 0.25) is 0 Å². The predicted octanol–water partition coefficient (Wildman–Crippen LogP) is 13.3. The smallest absolute Gasteiger partial charge is 0.160 e. The van der Waals surface area contributed by atoms with Crippen LogP contribution in [0.1, 0.15) is 0 Å². The van der Waals surface area contributed by atoms with E-state index in [4.69, 9.17) is 9.97 Å². The van der Waals surface area contributed by atoms with Gasteiger partial charge in [0.1, 0.15) is 0 Å². The third kappa shape index (κ3) is 5.23. The van der Waals surface area contributed by atoms with E-state index >= 15 is 0 Å². The number of hydrogen-bond donors (Lipinski definition) is 0. The molecule has 0 aliphatic heterocycles. The zero-order valence-corrected chi connectivity index (χ0v) is 30.4. The quantitative estimate of drug-likeness (QED) is 0.172. The Morgan fingerprint density at radius 1 is 0.304 bits per heavy atom. The first-order chi connectivity index (χ1) is 27.8. The fourth-order valence-corrected chi connectivity index (χ4v) is 8.36. The van der Waals surface area contributed by atoms with Crippen LogP contribution < -0.4 is 0 Å². The number of hydrogen-bond acceptors (Lipinski definition) is 2. The molecule has 4 heteroatoms. The molecule has 8 aromatic carbocycles. The summed E-state index contributed by atoms with van der Waals surface area (Å²) >= 11 is 0. The zero-order chi connectivity index (χ0) is 37.0. The van der Waals surface area contributed by atoms with Gasteiger partial charge in [0.25, 0.3) is 0 Å². The highest BCUT2D eigenvalue weighted by molar-refractivity contribution is 6.26. The summed E-state index contributed by atoms with van der Waals surface area (Å²) in [5, 5.41) is 4.97. The van der Waals surface area contributed by atoms with Gasteiger partial charge in [0, 0.05) is 49.6 Å². The normalized spacial score (nSPS) is 11.6. The summed E-state index contributed by atoms with van der Waals surface area (Å²) in [6, 6.07) is 73.1. The molecule has 0 fully saturated rings. The minimum Gasteiger partial charge on any atom is -0.309 e. The van der Waals surface area contributed by atoms with Gasteiger partial charge in [-0.05, 0) is 65.7 Å². The monoisotopic (exact) mass is 714 g/mol. The van der Waals surface area contributed by atoms with E-state index in [1.807, 2.05) is 12.1 Å². The first kappa shape index (κ1) is 31.9. The third-order valence-electron chi connectivity index (χ3n) is 10.9. The van der Waals surface area contributed by atoms with Crippen LogP contribution in [0.5, 0.6) is 0 Å². The van der Waals surface area contributed by atoms with Gasteiger partial charge < -0.3 is 9.13 Å². The molecule has 0 unspecified atom stereocenters. The number of benzene rings is 8. The summed E-state index contributed by atoms with van der Waals surface area (Å²) in [6.45, 7) is 0. The Labute approximate surface area is 324 Å². The SMILES string of the molecule is c1ccc(-c2cccc(-c3nc(-c4ccccc4)cc(-c4ccc(-n5c6ccccc6c6c5ccc5c7ccccc7n(-c7ccccc7)c56)cc4)n3)c2)cc1. The van der Waals surface area contributed by atoms with Crippen molar-refractivity contribution in [3.05, 3.63) is 206 Å². The predicted molar refractivity (Wildman–Crippen MR) is 232 cm³/mol. The van der Waals surface area contributed by atoms with E-state index in [0.29, 0.717) is 5.82 Å². The molecule has 0 atom stereocenters. The molecule has 0 spiro atoms. The van der Waals surface area contributed by atoms with E-state index < -0.39 is 0 Å². The molecule has 3 aromatic heterocycles. The second kappa shape index (κ2) is 13.1. The van der Waals surface area contributed by atoms with E-state index in [9.17, 15) is 0 Å². The molecule has 262 valence electrons. The maximum absolute atomic E-state index is 5.20. The summed E-state index contributed by atoms with van der Waals surface area (Å²) in [6.07, 6.45) is 0. The standard InChI is InChI=1S/C52H34N4/c1-4-15-35(16-5-1)38-19-14-20-39(33-38)52-53-45(36-17-6-2-7-18-36)34-46(54-52)37-27-29-41(30-28-37)55-48-26-13-11-24-44(48)50-49(55)32-31-43-42-23-10-12-25-47(42)56(51(43)50)40-21-8-3-9-22-40/h1-34H. The minimum atomic E-state index is 0.698. The van der Waals surface area contributed by atoms with Crippen molar-refractivity contribution in [3.8, 4) is 56.4 Å². The van der Waals surface area contributed by atoms with E-state index in [0.717, 1.165) is 50.6 Å². The Kier molecular flexibility index (Phi) is 7.46. The van der Waals surface area contributed by atoms with Crippen LogP contribution in [0.3, 0.4) is 0 Å². The minimum absolute atomic E-state index is 0.698. The van der Waals surface area contributed by atoms with Crippen molar-refractivity contribution in [3.63, 3.8) is 0 Å². The van der Waals surface area contributed by atoms with E-state index in [2.05, 4.69) is 203 Å². The van der Waals surface area contributed by atoms with E-state index in [-0.39, 0.29) is 0 Å². The van der Waals surface area contributed by atoms with Crippen LogP contribution in [-0.2, 0) is 0 Å². The molecule has 11 aromatic rings. The second-order valence-electron chi connectivity index (χ2n) is 14.2. The van der Waals surface area contributed by atoms with Crippen LogP contribution in [0, 0.1) is 0 Å². The van der Waals surface area contributed by atoms with Gasteiger partial charge in [-0.1, -0.05) is 152 Å². The average molecular weight is 715 g/mol. The van der Waals surface area contributed by atoms with Crippen LogP contribution in [0.15, 0.2) is 206 Å². The van der Waals surface area contributed by atoms with Crippen LogP contribution in [0.25, 0.3) is 100 Å². The first-order valence-corrected chi connectivity index (χ1v) is 19.0. The lowest BCUT2D eigenvalue weighted by atomic mass is 10.0. The van der Waals surface area contributed by atoms with Gasteiger partial charge in [-0.2, -0.15) is 0 Å². The van der Waals surface area contributed by atoms with Crippen LogP contribution in [0.4, 0.5) is 0 Å². The average Bonchev–Trinajstić information content (AvgIpc) is 3.80. The van der Waals surface area contributed by atoms with Gasteiger partial charge in [-0.15, -0.1) is 0 Å². The van der Waals surface area contributed by atoms with E-state index in [1.165, 1.54) is 43.6 Å². The van der Waals surface area contributed by atoms with Crippen LogP contribution >= 0.6 is 0 Å². The highest BCUT2D eigenvalue weighted by atomic mass is 15.0. The molecule has 0 bridgehead atoms. The van der Waals surface area contributed by atoms with Crippen molar-refractivity contribution in [1.29, 1.82) is 0 Å². The number of rotatable bonds is 6. The van der Waals surface area contributed by atoms with E-state index in [1.54, 1.807) is 0 Å². The van der Waals surface area contributed by atoms with Crippen molar-refractivity contribution < 1.29 is 0 Å². The molecular formula is C52H34N4. The highest BCUT2D eigenvalue weighted by Crippen LogP contribution is 2.42. The highest BCUT2D eigenvalue weighted by Gasteiger charge is 2.21. The molecule has 56 heavy (non-hydrogen) atoms. The summed E-state index contributed by atoms with van der Waals surface area (Å²) in [5.74, 6) is 0.698. The summed E-state index contributed by atoms with van der Waals surface area (Å²) in [4.78, 5) is 10.3. The lowest BCUT2D eigenvalue weighted by Crippen LogP contribution is -1.97. The van der Waals surface area contributed by atoms with Crippen LogP contribution in [0.2, 0.25) is 0 Å². The van der Waals surface area contributed by atoms with Gasteiger partial charge in [0.15, 0.2) is 5.82 Å². The fourth-order valence-electron chi connectivity index (χ4n) is 8.36. The summed E-state index contributed by atoms with van der Waals surface area (Å²) in [7, 11) is 0. The van der Waals surface area contributed by atoms with Gasteiger partial charge in [-0.25, -0.2) is 9.97 Å². The number of nitrogens with zero attached hydrogens (tertiary/aromatic N) is 4. The van der Waals surface area contributed by atoms with Crippen molar-refractivity contribution in [2.75, 3.05) is 0 Å². The number of aromatic nitrogens is 4. The zero-order valence-electron chi connectivity index (χ0n) is 30.4. The Bertz CT molecular complexity index is 3220. The Balaban J connectivity index is 1.08. The molecule has 0 amide bonds. The maximum Gasteiger partial charge on any atom is 0.160 e. The van der Waals surface area contributed by atoms with Crippen molar-refractivity contribution in [2.24, 2.45) is 0 Å². The molecule has 0 N–H and O–H groups in total. The maximum atomic E-state index is 5.20. The molecule has 3 heterocycles. The molecule has 11 rings (SSSR count). The lowest BCUT2D eigenvalue weighted by Gasteiger charge is -2.12. The number of para-hydroxylation sites is 3. The Hall–Kier alpha value is -7.56. The second-order valence-corrected chi connectivity index (χ2v) is 14.2. The molecule has 0 saturated heterocycles. The molecular weight excluding hydrogens is 681 g/mol. The Morgan fingerprint density at radius 2 is 0.839 bits per heavy atom.